The summed E-state index contributed by atoms with van der Waals surface area (Å²) in [6.45, 7) is 27.9. The normalized spacial score (nSPS) is 29.3. The molecule has 9 rings (SSSR count). The van der Waals surface area contributed by atoms with Crippen LogP contribution in [0.1, 0.15) is 181 Å². The van der Waals surface area contributed by atoms with Crippen molar-refractivity contribution in [2.75, 3.05) is 0 Å². The number of benzene rings is 4. The van der Waals surface area contributed by atoms with Gasteiger partial charge in [-0.15, -0.1) is 0 Å². The number of phenols is 1. The summed E-state index contributed by atoms with van der Waals surface area (Å²) in [6, 6.07) is 28.2. The molecule has 6 atom stereocenters. The Hall–Kier alpha value is -4.31. The van der Waals surface area contributed by atoms with Gasteiger partial charge in [0.2, 0.25) is 0 Å². The molecule has 0 radical (unpaired) electrons. The van der Waals surface area contributed by atoms with Gasteiger partial charge in [-0.1, -0.05) is 119 Å². The Bertz CT molecular complexity index is 2650. The van der Waals surface area contributed by atoms with Gasteiger partial charge in [0, 0.05) is 27.7 Å². The molecule has 4 bridgehead atoms. The maximum atomic E-state index is 16.4. The van der Waals surface area contributed by atoms with E-state index in [1.54, 1.807) is 12.1 Å². The second-order valence-corrected chi connectivity index (χ2v) is 25.5. The Morgan fingerprint density at radius 2 is 1.03 bits per heavy atom. The van der Waals surface area contributed by atoms with Crippen LogP contribution in [-0.4, -0.2) is 10.1 Å². The van der Waals surface area contributed by atoms with Crippen LogP contribution in [0.25, 0.3) is 44.8 Å². The first-order valence-corrected chi connectivity index (χ1v) is 25.0. The monoisotopic (exact) mass is 876 g/mol. The highest BCUT2D eigenvalue weighted by Crippen LogP contribution is 2.65. The molecule has 4 saturated carbocycles. The van der Waals surface area contributed by atoms with Gasteiger partial charge in [0.05, 0.1) is 11.4 Å². The van der Waals surface area contributed by atoms with E-state index in [0.29, 0.717) is 17.4 Å². The van der Waals surface area contributed by atoms with Crippen LogP contribution in [0.15, 0.2) is 84.9 Å². The number of rotatable bonds is 8. The summed E-state index contributed by atoms with van der Waals surface area (Å²) in [7, 11) is 0. The van der Waals surface area contributed by atoms with Gasteiger partial charge in [0.25, 0.3) is 0 Å². The number of aromatic nitrogens is 1. The Morgan fingerprint density at radius 1 is 0.523 bits per heavy atom. The van der Waals surface area contributed by atoms with Crippen LogP contribution in [0.5, 0.6) is 5.75 Å². The molecule has 344 valence electrons. The van der Waals surface area contributed by atoms with Crippen LogP contribution >= 0.6 is 0 Å². The fraction of sp³-hybridized carbons (Fsp3) is 0.525. The predicted octanol–water partition coefficient (Wildman–Crippen LogP) is 17.7. The Kier molecular flexibility index (Phi) is 11.2. The lowest BCUT2D eigenvalue weighted by molar-refractivity contribution is -0.0314. The van der Waals surface area contributed by atoms with E-state index in [1.807, 2.05) is 12.1 Å². The van der Waals surface area contributed by atoms with E-state index in [-0.39, 0.29) is 61.7 Å². The molecule has 0 spiro atoms. The largest absolute Gasteiger partial charge is 0.507 e. The SMILES string of the molecule is CC1CC2(C)CC(C)(C)CC(c3cc(F)cc(-c4ccc(C(C)C)cc4-c4cccc(-c5cc(C(C)C)ccc5-c5cc(F)cc(C67CC(C)CC(C)(CC(C)(C)C6)C7)c5O)n4)c3)(C1)C2. The fourth-order valence-electron chi connectivity index (χ4n) is 16.3. The molecule has 2 nitrogen and oxygen atoms in total. The average Bonchev–Trinajstić information content (AvgIpc) is 3.18. The third-order valence-corrected chi connectivity index (χ3v) is 16.6. The number of hydrogen-bond acceptors (Lipinski definition) is 2. The second kappa shape index (κ2) is 15.9. The van der Waals surface area contributed by atoms with Crippen LogP contribution < -0.4 is 0 Å². The number of phenolic OH excluding ortho intramolecular Hbond substituents is 1. The van der Waals surface area contributed by atoms with Crippen LogP contribution in [0.3, 0.4) is 0 Å². The van der Waals surface area contributed by atoms with Crippen LogP contribution in [0, 0.1) is 45.1 Å². The Morgan fingerprint density at radius 3 is 1.62 bits per heavy atom. The lowest BCUT2D eigenvalue weighted by Gasteiger charge is -2.59. The van der Waals surface area contributed by atoms with Crippen molar-refractivity contribution >= 4 is 0 Å². The minimum absolute atomic E-state index is 0.0711. The van der Waals surface area contributed by atoms with Crippen LogP contribution in [-0.2, 0) is 10.8 Å². The third kappa shape index (κ3) is 8.63. The van der Waals surface area contributed by atoms with Crippen molar-refractivity contribution < 1.29 is 13.9 Å². The van der Waals surface area contributed by atoms with E-state index in [1.165, 1.54) is 24.5 Å². The molecule has 65 heavy (non-hydrogen) atoms. The van der Waals surface area contributed by atoms with Crippen molar-refractivity contribution in [1.29, 1.82) is 0 Å². The van der Waals surface area contributed by atoms with Gasteiger partial charge < -0.3 is 5.11 Å². The van der Waals surface area contributed by atoms with Gasteiger partial charge in [-0.05, 0) is 197 Å². The summed E-state index contributed by atoms with van der Waals surface area (Å²) in [6.07, 6.45) is 10.8. The zero-order valence-corrected chi connectivity index (χ0v) is 41.6. The quantitative estimate of drug-likeness (QED) is 0.168. The number of hydrogen-bond donors (Lipinski definition) is 1. The van der Waals surface area contributed by atoms with Crippen LogP contribution in [0.4, 0.5) is 8.78 Å². The zero-order valence-electron chi connectivity index (χ0n) is 41.6. The van der Waals surface area contributed by atoms with Gasteiger partial charge >= 0.3 is 0 Å². The van der Waals surface area contributed by atoms with E-state index < -0.39 is 0 Å². The molecule has 4 heteroatoms. The predicted molar refractivity (Wildman–Crippen MR) is 267 cm³/mol. The summed E-state index contributed by atoms with van der Waals surface area (Å²) >= 11 is 0. The van der Waals surface area contributed by atoms with E-state index in [4.69, 9.17) is 4.98 Å². The molecule has 6 unspecified atom stereocenters. The molecular formula is C61H75F2NO. The lowest BCUT2D eigenvalue weighted by atomic mass is 9.46. The van der Waals surface area contributed by atoms with E-state index in [9.17, 15) is 5.11 Å². The first kappa shape index (κ1) is 45.8. The number of pyridine rings is 1. The summed E-state index contributed by atoms with van der Waals surface area (Å²) < 4.78 is 32.7. The highest BCUT2D eigenvalue weighted by molar-refractivity contribution is 5.88. The molecule has 0 amide bonds. The highest BCUT2D eigenvalue weighted by Gasteiger charge is 2.56. The maximum Gasteiger partial charge on any atom is 0.127 e. The molecule has 5 aromatic rings. The van der Waals surface area contributed by atoms with Crippen molar-refractivity contribution in [3.63, 3.8) is 0 Å². The molecule has 4 aliphatic carbocycles. The van der Waals surface area contributed by atoms with Crippen molar-refractivity contribution in [1.82, 2.24) is 4.98 Å². The molecule has 4 fully saturated rings. The van der Waals surface area contributed by atoms with Gasteiger partial charge in [-0.3, -0.25) is 0 Å². The third-order valence-electron chi connectivity index (χ3n) is 16.6. The fourth-order valence-corrected chi connectivity index (χ4v) is 16.3. The molecule has 0 aliphatic heterocycles. The first-order valence-electron chi connectivity index (χ1n) is 25.0. The van der Waals surface area contributed by atoms with Crippen molar-refractivity contribution in [2.45, 2.75) is 170 Å². The molecule has 4 aromatic carbocycles. The van der Waals surface area contributed by atoms with Gasteiger partial charge in [-0.2, -0.15) is 0 Å². The smallest absolute Gasteiger partial charge is 0.127 e. The number of halogens is 2. The number of fused-ring (bicyclic) bond motifs is 4. The van der Waals surface area contributed by atoms with E-state index >= 15 is 8.78 Å². The standard InChI is InChI=1S/C61H75F2NO/c1-37(2)41-16-18-47(43-20-44(24-45(62)21-43)60-29-39(5)27-58(11,35-60)31-56(7,8)33-60)49(22-41)53-14-13-15-54(64-53)50-23-42(38(3)4)17-19-48(50)51-25-46(63)26-52(55(51)65)61-30-40(6)28-59(12,36-61)32-57(9,10)34-61/h13-26,37-40,65H,27-36H2,1-12H3. The molecule has 1 N–H and O–H groups in total. The van der Waals surface area contributed by atoms with E-state index in [0.717, 1.165) is 107 Å². The Labute approximate surface area is 390 Å². The molecule has 1 heterocycles. The number of aromatic hydroxyl groups is 1. The number of nitrogens with zero attached hydrogens (tertiary/aromatic N) is 1. The minimum Gasteiger partial charge on any atom is -0.507 e. The summed E-state index contributed by atoms with van der Waals surface area (Å²) in [4.78, 5) is 5.49. The van der Waals surface area contributed by atoms with Crippen molar-refractivity contribution in [2.24, 2.45) is 33.5 Å². The maximum absolute atomic E-state index is 16.4. The summed E-state index contributed by atoms with van der Waals surface area (Å²) in [5, 5.41) is 12.6. The van der Waals surface area contributed by atoms with E-state index in [2.05, 4.69) is 138 Å². The van der Waals surface area contributed by atoms with Crippen molar-refractivity contribution in [3.8, 4) is 50.5 Å². The van der Waals surface area contributed by atoms with Crippen LogP contribution in [0.2, 0.25) is 0 Å². The molecular weight excluding hydrogens is 801 g/mol. The van der Waals surface area contributed by atoms with Gasteiger partial charge in [0.15, 0.2) is 0 Å². The van der Waals surface area contributed by atoms with Gasteiger partial charge in [0.1, 0.15) is 17.4 Å². The second-order valence-electron chi connectivity index (χ2n) is 25.5. The lowest BCUT2D eigenvalue weighted by Crippen LogP contribution is -2.50. The molecule has 0 saturated heterocycles. The Balaban J connectivity index is 1.19. The highest BCUT2D eigenvalue weighted by atomic mass is 19.1. The zero-order chi connectivity index (χ0) is 46.6. The van der Waals surface area contributed by atoms with Gasteiger partial charge in [-0.25, -0.2) is 13.8 Å². The topological polar surface area (TPSA) is 33.1 Å². The average molecular weight is 876 g/mol. The summed E-state index contributed by atoms with van der Waals surface area (Å²) in [5.41, 5.74) is 10.9. The molecule has 1 aromatic heterocycles. The summed E-state index contributed by atoms with van der Waals surface area (Å²) in [5.74, 6) is 1.25. The first-order chi connectivity index (χ1) is 30.4. The molecule has 4 aliphatic rings. The minimum atomic E-state index is -0.320. The van der Waals surface area contributed by atoms with Crippen molar-refractivity contribution in [3.05, 3.63) is 119 Å².